The van der Waals surface area contributed by atoms with Gasteiger partial charge in [-0.3, -0.25) is 4.79 Å². The molecule has 1 aliphatic carbocycles. The number of nitrogens with zero attached hydrogens (tertiary/aromatic N) is 1. The largest absolute Gasteiger partial charge is 0.497 e. The van der Waals surface area contributed by atoms with Crippen molar-refractivity contribution in [3.8, 4) is 5.75 Å². The topological polar surface area (TPSA) is 70.7 Å². The molecule has 0 unspecified atom stereocenters. The number of nitrogens with one attached hydrogen (secondary N) is 2. The lowest BCUT2D eigenvalue weighted by molar-refractivity contribution is -0.124. The zero-order chi connectivity index (χ0) is 15.5. The second kappa shape index (κ2) is 6.25. The van der Waals surface area contributed by atoms with Crippen molar-refractivity contribution in [3.63, 3.8) is 0 Å². The Morgan fingerprint density at radius 2 is 1.91 bits per heavy atom. The quantitative estimate of drug-likeness (QED) is 0.893. The third-order valence-electron chi connectivity index (χ3n) is 4.08. The third-order valence-corrected chi connectivity index (χ3v) is 4.08. The number of carbonyl (C=O) groups is 2. The second-order valence-corrected chi connectivity index (χ2v) is 5.79. The summed E-state index contributed by atoms with van der Waals surface area (Å²) >= 11 is 0. The zero-order valence-electron chi connectivity index (χ0n) is 12.7. The molecule has 6 nitrogen and oxygen atoms in total. The number of anilines is 1. The molecule has 6 heteroatoms. The van der Waals surface area contributed by atoms with Crippen LogP contribution in [0, 0.1) is 0 Å². The van der Waals surface area contributed by atoms with Gasteiger partial charge in [0.05, 0.1) is 7.11 Å². The predicted octanol–water partition coefficient (Wildman–Crippen LogP) is 1.97. The molecule has 0 spiro atoms. The van der Waals surface area contributed by atoms with Gasteiger partial charge in [0.2, 0.25) is 5.91 Å². The first-order chi connectivity index (χ1) is 10.7. The van der Waals surface area contributed by atoms with Crippen molar-refractivity contribution in [3.05, 3.63) is 24.3 Å². The molecule has 0 bridgehead atoms. The number of likely N-dealkylation sites (tertiary alicyclic amines) is 1. The zero-order valence-corrected chi connectivity index (χ0v) is 12.7. The molecule has 1 aromatic rings. The van der Waals surface area contributed by atoms with Crippen molar-refractivity contribution in [2.24, 2.45) is 0 Å². The number of carbonyl (C=O) groups excluding carboxylic acids is 2. The number of ether oxygens (including phenoxy) is 1. The van der Waals surface area contributed by atoms with Gasteiger partial charge in [0.1, 0.15) is 11.8 Å². The van der Waals surface area contributed by atoms with Gasteiger partial charge in [0.25, 0.3) is 0 Å². The summed E-state index contributed by atoms with van der Waals surface area (Å²) in [6.45, 7) is 0.616. The first-order valence-electron chi connectivity index (χ1n) is 7.69. The van der Waals surface area contributed by atoms with Crippen LogP contribution in [0.25, 0.3) is 0 Å². The van der Waals surface area contributed by atoms with Gasteiger partial charge in [-0.05, 0) is 49.9 Å². The SMILES string of the molecule is COc1ccc(NC(=O)N2CCC[C@@H]2C(=O)NC2CC2)cc1. The van der Waals surface area contributed by atoms with E-state index in [-0.39, 0.29) is 18.0 Å². The number of hydrogen-bond donors (Lipinski definition) is 2. The minimum absolute atomic E-state index is 0.0233. The van der Waals surface area contributed by atoms with E-state index in [4.69, 9.17) is 4.74 Å². The van der Waals surface area contributed by atoms with E-state index in [9.17, 15) is 9.59 Å². The van der Waals surface area contributed by atoms with Gasteiger partial charge in [-0.25, -0.2) is 4.79 Å². The van der Waals surface area contributed by atoms with Crippen molar-refractivity contribution in [1.82, 2.24) is 10.2 Å². The van der Waals surface area contributed by atoms with Gasteiger partial charge in [-0.2, -0.15) is 0 Å². The van der Waals surface area contributed by atoms with Crippen LogP contribution >= 0.6 is 0 Å². The molecule has 1 saturated carbocycles. The minimum Gasteiger partial charge on any atom is -0.497 e. The number of benzene rings is 1. The fraction of sp³-hybridized carbons (Fsp3) is 0.500. The summed E-state index contributed by atoms with van der Waals surface area (Å²) in [5, 5.41) is 5.82. The van der Waals surface area contributed by atoms with E-state index in [1.807, 2.05) is 0 Å². The van der Waals surface area contributed by atoms with Crippen molar-refractivity contribution >= 4 is 17.6 Å². The van der Waals surface area contributed by atoms with Crippen LogP contribution in [-0.4, -0.2) is 42.6 Å². The Morgan fingerprint density at radius 1 is 1.18 bits per heavy atom. The molecule has 3 amide bonds. The van der Waals surface area contributed by atoms with Crippen molar-refractivity contribution in [2.45, 2.75) is 37.8 Å². The summed E-state index contributed by atoms with van der Waals surface area (Å²) in [7, 11) is 1.60. The van der Waals surface area contributed by atoms with Crippen LogP contribution in [0.15, 0.2) is 24.3 Å². The van der Waals surface area contributed by atoms with Crippen molar-refractivity contribution < 1.29 is 14.3 Å². The van der Waals surface area contributed by atoms with Gasteiger partial charge < -0.3 is 20.3 Å². The number of methoxy groups -OCH3 is 1. The molecule has 2 N–H and O–H groups in total. The summed E-state index contributed by atoms with van der Waals surface area (Å²) < 4.78 is 5.09. The van der Waals surface area contributed by atoms with Crippen LogP contribution in [0.5, 0.6) is 5.75 Å². The minimum atomic E-state index is -0.348. The molecule has 1 aliphatic heterocycles. The predicted molar refractivity (Wildman–Crippen MR) is 82.9 cm³/mol. The molecule has 1 atom stereocenters. The van der Waals surface area contributed by atoms with Crippen LogP contribution in [-0.2, 0) is 4.79 Å². The fourth-order valence-corrected chi connectivity index (χ4v) is 2.68. The maximum absolute atomic E-state index is 12.4. The number of rotatable bonds is 4. The number of hydrogen-bond acceptors (Lipinski definition) is 3. The van der Waals surface area contributed by atoms with Gasteiger partial charge in [-0.1, -0.05) is 0 Å². The lowest BCUT2D eigenvalue weighted by atomic mass is 10.2. The molecule has 22 heavy (non-hydrogen) atoms. The summed E-state index contributed by atoms with van der Waals surface area (Å²) in [5.41, 5.74) is 0.694. The van der Waals surface area contributed by atoms with Gasteiger partial charge in [0, 0.05) is 18.3 Å². The lowest BCUT2D eigenvalue weighted by Crippen LogP contribution is -2.47. The van der Waals surface area contributed by atoms with E-state index in [2.05, 4.69) is 10.6 Å². The Hall–Kier alpha value is -2.24. The molecular weight excluding hydrogens is 282 g/mol. The molecule has 0 radical (unpaired) electrons. The highest BCUT2D eigenvalue weighted by molar-refractivity contribution is 5.94. The maximum Gasteiger partial charge on any atom is 0.322 e. The molecular formula is C16H21N3O3. The average Bonchev–Trinajstić information content (AvgIpc) is 3.19. The summed E-state index contributed by atoms with van der Waals surface area (Å²) in [6, 6.07) is 6.89. The van der Waals surface area contributed by atoms with Crippen molar-refractivity contribution in [2.75, 3.05) is 19.0 Å². The molecule has 2 fully saturated rings. The van der Waals surface area contributed by atoms with E-state index in [0.29, 0.717) is 18.3 Å². The van der Waals surface area contributed by atoms with Crippen molar-refractivity contribution in [1.29, 1.82) is 0 Å². The standard InChI is InChI=1S/C16H21N3O3/c1-22-13-8-6-12(7-9-13)18-16(21)19-10-2-3-14(19)15(20)17-11-4-5-11/h6-9,11,14H,2-5,10H2,1H3,(H,17,20)(H,18,21)/t14-/m1/s1. The number of urea groups is 1. The molecule has 118 valence electrons. The first-order valence-corrected chi connectivity index (χ1v) is 7.69. The molecule has 1 aromatic carbocycles. The lowest BCUT2D eigenvalue weighted by Gasteiger charge is -2.24. The third kappa shape index (κ3) is 3.32. The highest BCUT2D eigenvalue weighted by Gasteiger charge is 2.36. The second-order valence-electron chi connectivity index (χ2n) is 5.79. The van der Waals surface area contributed by atoms with E-state index >= 15 is 0 Å². The molecule has 1 heterocycles. The van der Waals surface area contributed by atoms with E-state index < -0.39 is 0 Å². The van der Waals surface area contributed by atoms with Crippen LogP contribution < -0.4 is 15.4 Å². The molecule has 3 rings (SSSR count). The molecule has 0 aromatic heterocycles. The van der Waals surface area contributed by atoms with Gasteiger partial charge in [0.15, 0.2) is 0 Å². The Kier molecular flexibility index (Phi) is 4.18. The Labute approximate surface area is 129 Å². The first kappa shape index (κ1) is 14.7. The Morgan fingerprint density at radius 3 is 2.55 bits per heavy atom. The Balaban J connectivity index is 1.60. The summed E-state index contributed by atoms with van der Waals surface area (Å²) in [4.78, 5) is 26.2. The van der Waals surface area contributed by atoms with Gasteiger partial charge in [-0.15, -0.1) is 0 Å². The van der Waals surface area contributed by atoms with E-state index in [0.717, 1.165) is 31.4 Å². The molecule has 1 saturated heterocycles. The normalized spacial score (nSPS) is 20.6. The van der Waals surface area contributed by atoms with E-state index in [1.165, 1.54) is 0 Å². The monoisotopic (exact) mass is 303 g/mol. The summed E-state index contributed by atoms with van der Waals surface area (Å²) in [5.74, 6) is 0.714. The average molecular weight is 303 g/mol. The van der Waals surface area contributed by atoms with Gasteiger partial charge >= 0.3 is 6.03 Å². The smallest absolute Gasteiger partial charge is 0.322 e. The highest BCUT2D eigenvalue weighted by Crippen LogP contribution is 2.23. The van der Waals surface area contributed by atoms with E-state index in [1.54, 1.807) is 36.3 Å². The number of amides is 3. The van der Waals surface area contributed by atoms with Crippen LogP contribution in [0.3, 0.4) is 0 Å². The van der Waals surface area contributed by atoms with Crippen LogP contribution in [0.4, 0.5) is 10.5 Å². The maximum atomic E-state index is 12.4. The van der Waals surface area contributed by atoms with Crippen LogP contribution in [0.2, 0.25) is 0 Å². The fourth-order valence-electron chi connectivity index (χ4n) is 2.68. The Bertz CT molecular complexity index is 554. The van der Waals surface area contributed by atoms with Crippen LogP contribution in [0.1, 0.15) is 25.7 Å². The highest BCUT2D eigenvalue weighted by atomic mass is 16.5. The molecule has 2 aliphatic rings. The summed E-state index contributed by atoms with van der Waals surface area (Å²) in [6.07, 6.45) is 3.69.